The van der Waals surface area contributed by atoms with Gasteiger partial charge >= 0.3 is 12.0 Å². The van der Waals surface area contributed by atoms with Crippen LogP contribution in [0.5, 0.6) is 0 Å². The fraction of sp³-hybridized carbons (Fsp3) is 0.562. The molecular weight excluding hydrogens is 342 g/mol. The highest BCUT2D eigenvalue weighted by Gasteiger charge is 2.52. The second-order valence-electron chi connectivity index (χ2n) is 6.85. The second kappa shape index (κ2) is 6.77. The number of ether oxygens (including phenoxy) is 1. The lowest BCUT2D eigenvalue weighted by atomic mass is 9.77. The first kappa shape index (κ1) is 17.9. The molecule has 1 saturated carbocycles. The highest BCUT2D eigenvalue weighted by Crippen LogP contribution is 2.35. The Balaban J connectivity index is 1.55. The van der Waals surface area contributed by atoms with Crippen molar-refractivity contribution in [3.05, 3.63) is 18.0 Å². The Bertz CT molecular complexity index is 750. The van der Waals surface area contributed by atoms with Crippen molar-refractivity contribution in [2.45, 2.75) is 38.1 Å². The van der Waals surface area contributed by atoms with Gasteiger partial charge in [0.05, 0.1) is 11.8 Å². The Hall–Kier alpha value is -2.91. The summed E-state index contributed by atoms with van der Waals surface area (Å²) in [7, 11) is 1.64. The summed E-state index contributed by atoms with van der Waals surface area (Å²) in [6.45, 7) is 1.49. The Morgan fingerprint density at radius 1 is 1.38 bits per heavy atom. The van der Waals surface area contributed by atoms with E-state index in [9.17, 15) is 19.2 Å². The number of imide groups is 1. The monoisotopic (exact) mass is 363 g/mol. The summed E-state index contributed by atoms with van der Waals surface area (Å²) in [6.07, 6.45) is 5.51. The number of urea groups is 1. The summed E-state index contributed by atoms with van der Waals surface area (Å²) in [4.78, 5) is 48.5. The summed E-state index contributed by atoms with van der Waals surface area (Å²) in [5.41, 5.74) is 1.47. The smallest absolute Gasteiger partial charge is 0.344 e. The third kappa shape index (κ3) is 3.39. The number of hydrazine groups is 1. The molecule has 1 saturated heterocycles. The van der Waals surface area contributed by atoms with Crippen LogP contribution in [0.3, 0.4) is 0 Å². The minimum atomic E-state index is -0.941. The zero-order valence-corrected chi connectivity index (χ0v) is 14.7. The predicted molar refractivity (Wildman–Crippen MR) is 87.4 cm³/mol. The first-order valence-electron chi connectivity index (χ1n) is 8.43. The second-order valence-corrected chi connectivity index (χ2v) is 6.85. The summed E-state index contributed by atoms with van der Waals surface area (Å²) in [5, 5.41) is 7.20. The third-order valence-corrected chi connectivity index (χ3v) is 4.80. The number of carbonyl (C=O) groups is 4. The molecular formula is C16H21N5O5. The first-order valence-corrected chi connectivity index (χ1v) is 8.43. The van der Waals surface area contributed by atoms with Crippen molar-refractivity contribution >= 4 is 23.8 Å². The van der Waals surface area contributed by atoms with Gasteiger partial charge in [0.25, 0.3) is 11.8 Å². The zero-order chi connectivity index (χ0) is 18.9. The maximum atomic E-state index is 12.6. The molecule has 2 aliphatic rings. The van der Waals surface area contributed by atoms with Crippen molar-refractivity contribution in [3.8, 4) is 0 Å². The average molecular weight is 363 g/mol. The van der Waals surface area contributed by atoms with E-state index in [0.717, 1.165) is 12.8 Å². The van der Waals surface area contributed by atoms with Crippen LogP contribution in [0, 0.1) is 5.92 Å². The molecule has 1 aliphatic carbocycles. The highest BCUT2D eigenvalue weighted by molar-refractivity contribution is 6.08. The van der Waals surface area contributed by atoms with Crippen molar-refractivity contribution < 1.29 is 23.9 Å². The topological polar surface area (TPSA) is 123 Å². The van der Waals surface area contributed by atoms with E-state index in [1.165, 1.54) is 17.1 Å². The fourth-order valence-corrected chi connectivity index (χ4v) is 3.21. The third-order valence-electron chi connectivity index (χ3n) is 4.80. The molecule has 2 N–H and O–H groups in total. The molecule has 1 aromatic heterocycles. The van der Waals surface area contributed by atoms with Gasteiger partial charge in [-0.25, -0.2) is 9.59 Å². The fourth-order valence-electron chi connectivity index (χ4n) is 3.21. The van der Waals surface area contributed by atoms with Crippen LogP contribution in [0.1, 0.15) is 43.0 Å². The van der Waals surface area contributed by atoms with E-state index >= 15 is 0 Å². The lowest BCUT2D eigenvalue weighted by Gasteiger charge is -2.33. The summed E-state index contributed by atoms with van der Waals surface area (Å²) < 4.78 is 6.29. The maximum Gasteiger partial charge on any atom is 0.344 e. The normalized spacial score (nSPS) is 25.3. The molecule has 140 valence electrons. The zero-order valence-electron chi connectivity index (χ0n) is 14.7. The number of aromatic nitrogens is 2. The largest absolute Gasteiger partial charge is 0.452 e. The molecule has 1 aromatic rings. The molecule has 10 nitrogen and oxygen atoms in total. The van der Waals surface area contributed by atoms with Crippen molar-refractivity contribution in [3.63, 3.8) is 0 Å². The van der Waals surface area contributed by atoms with Crippen molar-refractivity contribution in [2.24, 2.45) is 13.0 Å². The minimum Gasteiger partial charge on any atom is -0.452 e. The number of hydrogen-bond donors (Lipinski definition) is 2. The Kier molecular flexibility index (Phi) is 4.66. The number of hydrogen-bond acceptors (Lipinski definition) is 6. The molecule has 0 radical (unpaired) electrons. The molecule has 4 amide bonds. The molecule has 3 rings (SSSR count). The molecule has 1 aliphatic heterocycles. The predicted octanol–water partition coefficient (Wildman–Crippen LogP) is 0.109. The molecule has 26 heavy (non-hydrogen) atoms. The molecule has 0 atom stereocenters. The van der Waals surface area contributed by atoms with Crippen LogP contribution in [-0.2, 0) is 21.4 Å². The van der Waals surface area contributed by atoms with Gasteiger partial charge in [-0.2, -0.15) is 10.1 Å². The van der Waals surface area contributed by atoms with E-state index < -0.39 is 36.0 Å². The van der Waals surface area contributed by atoms with E-state index in [1.54, 1.807) is 7.05 Å². The average Bonchev–Trinajstić information content (AvgIpc) is 3.13. The minimum absolute atomic E-state index is 0.200. The van der Waals surface area contributed by atoms with Crippen LogP contribution in [0.4, 0.5) is 4.79 Å². The molecule has 1 spiro atoms. The SMILES string of the molecule is CC1CCC2(CC1)NC(=O)N(NC(=O)COC(=O)c1cnn(C)c1)C2=O. The molecule has 2 heterocycles. The summed E-state index contributed by atoms with van der Waals surface area (Å²) in [5.74, 6) is -1.46. The van der Waals surface area contributed by atoms with Gasteiger partial charge in [-0.15, -0.1) is 0 Å². The van der Waals surface area contributed by atoms with Gasteiger partial charge in [0, 0.05) is 13.2 Å². The van der Waals surface area contributed by atoms with Crippen molar-refractivity contribution in [2.75, 3.05) is 6.61 Å². The summed E-state index contributed by atoms with van der Waals surface area (Å²) in [6, 6.07) is -0.670. The van der Waals surface area contributed by atoms with Crippen LogP contribution in [0.15, 0.2) is 12.4 Å². The molecule has 0 aromatic carbocycles. The number of amides is 4. The molecule has 10 heteroatoms. The van der Waals surface area contributed by atoms with Crippen molar-refractivity contribution in [1.82, 2.24) is 25.5 Å². The number of rotatable bonds is 4. The van der Waals surface area contributed by atoms with Gasteiger partial charge in [-0.3, -0.25) is 19.7 Å². The number of esters is 1. The van der Waals surface area contributed by atoms with Crippen molar-refractivity contribution in [1.29, 1.82) is 0 Å². The van der Waals surface area contributed by atoms with E-state index in [0.29, 0.717) is 23.8 Å². The van der Waals surface area contributed by atoms with E-state index in [-0.39, 0.29) is 5.56 Å². The van der Waals surface area contributed by atoms with Crippen LogP contribution in [0.2, 0.25) is 0 Å². The van der Waals surface area contributed by atoms with Gasteiger partial charge in [-0.1, -0.05) is 6.92 Å². The van der Waals surface area contributed by atoms with E-state index in [2.05, 4.69) is 22.8 Å². The Morgan fingerprint density at radius 2 is 2.08 bits per heavy atom. The highest BCUT2D eigenvalue weighted by atomic mass is 16.5. The Labute approximate surface area is 149 Å². The number of aryl methyl sites for hydroxylation is 1. The number of nitrogens with zero attached hydrogens (tertiary/aromatic N) is 3. The van der Waals surface area contributed by atoms with Gasteiger partial charge < -0.3 is 10.1 Å². The van der Waals surface area contributed by atoms with Crippen LogP contribution >= 0.6 is 0 Å². The number of nitrogens with one attached hydrogen (secondary N) is 2. The van der Waals surface area contributed by atoms with E-state index in [1.807, 2.05) is 0 Å². The van der Waals surface area contributed by atoms with Gasteiger partial charge in [0.15, 0.2) is 6.61 Å². The maximum absolute atomic E-state index is 12.6. The van der Waals surface area contributed by atoms with Crippen LogP contribution in [-0.4, -0.2) is 50.7 Å². The van der Waals surface area contributed by atoms with Crippen LogP contribution in [0.25, 0.3) is 0 Å². The van der Waals surface area contributed by atoms with Gasteiger partial charge in [0.2, 0.25) is 0 Å². The van der Waals surface area contributed by atoms with E-state index in [4.69, 9.17) is 4.74 Å². The molecule has 2 fully saturated rings. The van der Waals surface area contributed by atoms with Crippen LogP contribution < -0.4 is 10.7 Å². The lowest BCUT2D eigenvalue weighted by Crippen LogP contribution is -2.52. The first-order chi connectivity index (χ1) is 12.3. The van der Waals surface area contributed by atoms with Gasteiger partial charge in [0.1, 0.15) is 5.54 Å². The quantitative estimate of drug-likeness (QED) is 0.578. The lowest BCUT2D eigenvalue weighted by molar-refractivity contribution is -0.141. The molecule has 0 bridgehead atoms. The Morgan fingerprint density at radius 3 is 2.69 bits per heavy atom. The standard InChI is InChI=1S/C16H21N5O5/c1-10-3-5-16(6-4-10)14(24)21(15(25)18-16)19-12(22)9-26-13(23)11-7-17-20(2)8-11/h7-8,10H,3-6,9H2,1-2H3,(H,18,25)(H,19,22). The molecule has 0 unspecified atom stereocenters. The number of carbonyl (C=O) groups excluding carboxylic acids is 4. The summed E-state index contributed by atoms with van der Waals surface area (Å²) >= 11 is 0. The van der Waals surface area contributed by atoms with Gasteiger partial charge in [-0.05, 0) is 31.6 Å².